The van der Waals surface area contributed by atoms with Crippen molar-refractivity contribution < 1.29 is 9.59 Å². The van der Waals surface area contributed by atoms with Crippen molar-refractivity contribution in [3.63, 3.8) is 0 Å². The van der Waals surface area contributed by atoms with Gasteiger partial charge in [0.15, 0.2) is 0 Å². The zero-order valence-electron chi connectivity index (χ0n) is 13.9. The largest absolute Gasteiger partial charge is 0.285 e. The van der Waals surface area contributed by atoms with Crippen LogP contribution in [0.3, 0.4) is 0 Å². The monoisotopic (exact) mass is 334 g/mol. The summed E-state index contributed by atoms with van der Waals surface area (Å²) < 4.78 is 0. The third-order valence-corrected chi connectivity index (χ3v) is 4.99. The maximum Gasteiger partial charge on any atom is 0.234 e. The molecular weight excluding hydrogens is 320 g/mol. The molecule has 0 radical (unpaired) electrons. The average molecular weight is 334 g/mol. The smallest absolute Gasteiger partial charge is 0.234 e. The van der Waals surface area contributed by atoms with Gasteiger partial charge in [0.25, 0.3) is 0 Å². The van der Waals surface area contributed by atoms with Crippen molar-refractivity contribution in [2.24, 2.45) is 0 Å². The van der Waals surface area contributed by atoms with Gasteiger partial charge >= 0.3 is 0 Å². The van der Waals surface area contributed by atoms with Crippen LogP contribution in [0.25, 0.3) is 33.0 Å². The molecule has 1 aliphatic carbocycles. The van der Waals surface area contributed by atoms with Crippen LogP contribution in [0, 0.1) is 0 Å². The highest BCUT2D eigenvalue weighted by Crippen LogP contribution is 2.43. The van der Waals surface area contributed by atoms with E-state index in [-0.39, 0.29) is 0 Å². The molecule has 0 atom stereocenters. The molecule has 5 rings (SSSR count). The second kappa shape index (κ2) is 5.50. The summed E-state index contributed by atoms with van der Waals surface area (Å²) in [7, 11) is 0. The molecule has 0 N–H and O–H groups in total. The molecule has 0 saturated carbocycles. The number of hydrogen-bond donors (Lipinski definition) is 0. The van der Waals surface area contributed by atoms with Gasteiger partial charge in [-0.25, -0.2) is 0 Å². The van der Waals surface area contributed by atoms with Crippen LogP contribution in [0.4, 0.5) is 0 Å². The number of Topliss-reactive ketones (excluding diaryl/α,β-unsaturated/α-hetero) is 2. The Bertz CT molecular complexity index is 1190. The second-order valence-corrected chi connectivity index (χ2v) is 6.47. The molecule has 2 nitrogen and oxygen atoms in total. The maximum atomic E-state index is 12.9. The molecule has 0 bridgehead atoms. The predicted molar refractivity (Wildman–Crippen MR) is 103 cm³/mol. The minimum absolute atomic E-state index is 0.409. The highest BCUT2D eigenvalue weighted by molar-refractivity contribution is 6.58. The summed E-state index contributed by atoms with van der Waals surface area (Å²) in [5, 5.41) is 1.70. The Balaban J connectivity index is 1.99. The van der Waals surface area contributed by atoms with Gasteiger partial charge in [0.05, 0.1) is 0 Å². The number of benzene rings is 4. The van der Waals surface area contributed by atoms with Crippen LogP contribution in [-0.2, 0) is 0 Å². The number of carbonyl (C=O) groups excluding carboxylic acids is 2. The van der Waals surface area contributed by atoms with Crippen molar-refractivity contribution in [1.82, 2.24) is 0 Å². The fourth-order valence-electron chi connectivity index (χ4n) is 3.86. The molecule has 0 spiro atoms. The van der Waals surface area contributed by atoms with Crippen LogP contribution in [-0.4, -0.2) is 11.6 Å². The van der Waals surface area contributed by atoms with Crippen LogP contribution >= 0.6 is 0 Å². The predicted octanol–water partition coefficient (Wildman–Crippen LogP) is 5.55. The van der Waals surface area contributed by atoms with Crippen molar-refractivity contribution in [1.29, 1.82) is 0 Å². The van der Waals surface area contributed by atoms with Crippen LogP contribution in [0.5, 0.6) is 0 Å². The van der Waals surface area contributed by atoms with E-state index in [1.54, 1.807) is 6.07 Å². The van der Waals surface area contributed by atoms with Crippen molar-refractivity contribution in [3.8, 4) is 22.3 Å². The molecule has 2 heteroatoms. The Kier molecular flexibility index (Phi) is 3.13. The fourth-order valence-corrected chi connectivity index (χ4v) is 3.86. The third-order valence-electron chi connectivity index (χ3n) is 4.99. The van der Waals surface area contributed by atoms with E-state index in [1.807, 2.05) is 72.8 Å². The third kappa shape index (κ3) is 1.99. The zero-order valence-corrected chi connectivity index (χ0v) is 13.9. The molecule has 0 saturated heterocycles. The Morgan fingerprint density at radius 1 is 0.500 bits per heavy atom. The van der Waals surface area contributed by atoms with Gasteiger partial charge in [0.2, 0.25) is 11.6 Å². The fraction of sp³-hybridized carbons (Fsp3) is 0. The van der Waals surface area contributed by atoms with Gasteiger partial charge in [-0.15, -0.1) is 0 Å². The highest BCUT2D eigenvalue weighted by atomic mass is 16.2. The molecular formula is C24H14O2. The number of hydrogen-bond acceptors (Lipinski definition) is 2. The maximum absolute atomic E-state index is 12.9. The lowest BCUT2D eigenvalue weighted by Crippen LogP contribution is -2.08. The Morgan fingerprint density at radius 3 is 1.85 bits per heavy atom. The highest BCUT2D eigenvalue weighted by Gasteiger charge is 2.34. The van der Waals surface area contributed by atoms with Gasteiger partial charge < -0.3 is 0 Å². The molecule has 0 fully saturated rings. The summed E-state index contributed by atoms with van der Waals surface area (Å²) >= 11 is 0. The van der Waals surface area contributed by atoms with E-state index in [0.717, 1.165) is 33.0 Å². The molecule has 0 unspecified atom stereocenters. The van der Waals surface area contributed by atoms with Crippen LogP contribution < -0.4 is 0 Å². The molecule has 0 aliphatic heterocycles. The Labute approximate surface area is 150 Å². The Morgan fingerprint density at radius 2 is 1.15 bits per heavy atom. The normalized spacial score (nSPS) is 12.8. The molecule has 0 aromatic heterocycles. The molecule has 4 aromatic carbocycles. The summed E-state index contributed by atoms with van der Waals surface area (Å²) in [5.41, 5.74) is 4.84. The van der Waals surface area contributed by atoms with Crippen molar-refractivity contribution in [2.45, 2.75) is 0 Å². The van der Waals surface area contributed by atoms with Gasteiger partial charge in [-0.2, -0.15) is 0 Å². The van der Waals surface area contributed by atoms with Gasteiger partial charge in [-0.05, 0) is 28.1 Å². The lowest BCUT2D eigenvalue weighted by molar-refractivity contribution is 0.0825. The summed E-state index contributed by atoms with van der Waals surface area (Å²) in [5.74, 6) is -0.819. The summed E-state index contributed by atoms with van der Waals surface area (Å²) in [6.45, 7) is 0. The average Bonchev–Trinajstić information content (AvgIpc) is 2.96. The van der Waals surface area contributed by atoms with Crippen molar-refractivity contribution >= 4 is 22.3 Å². The number of carbonyl (C=O) groups is 2. The van der Waals surface area contributed by atoms with Crippen molar-refractivity contribution in [2.75, 3.05) is 0 Å². The van der Waals surface area contributed by atoms with Crippen LogP contribution in [0.2, 0.25) is 0 Å². The minimum atomic E-state index is -0.409. The second-order valence-electron chi connectivity index (χ2n) is 6.47. The molecule has 122 valence electrons. The molecule has 4 aromatic rings. The quantitative estimate of drug-likeness (QED) is 0.450. The molecule has 1 aliphatic rings. The topological polar surface area (TPSA) is 34.1 Å². The van der Waals surface area contributed by atoms with E-state index in [1.165, 1.54) is 0 Å². The molecule has 0 heterocycles. The van der Waals surface area contributed by atoms with Crippen LogP contribution in [0.15, 0.2) is 84.9 Å². The SMILES string of the molecule is O=C1C(=O)c2c(-c3ccccc3)c(-c3ccccc3)cc3cccc1c23. The Hall–Kier alpha value is -3.52. The molecule has 0 amide bonds. The first-order chi connectivity index (χ1) is 12.8. The van der Waals surface area contributed by atoms with E-state index in [2.05, 4.69) is 6.07 Å². The minimum Gasteiger partial charge on any atom is -0.285 e. The van der Waals surface area contributed by atoms with Gasteiger partial charge in [-0.1, -0.05) is 78.9 Å². The van der Waals surface area contributed by atoms with Crippen molar-refractivity contribution in [3.05, 3.63) is 96.1 Å². The van der Waals surface area contributed by atoms with Gasteiger partial charge in [0.1, 0.15) is 0 Å². The first-order valence-corrected chi connectivity index (χ1v) is 8.55. The van der Waals surface area contributed by atoms with E-state index in [9.17, 15) is 9.59 Å². The summed E-state index contributed by atoms with van der Waals surface area (Å²) in [6.07, 6.45) is 0. The van der Waals surface area contributed by atoms with E-state index in [0.29, 0.717) is 11.1 Å². The summed E-state index contributed by atoms with van der Waals surface area (Å²) in [6, 6.07) is 27.5. The first-order valence-electron chi connectivity index (χ1n) is 8.55. The van der Waals surface area contributed by atoms with Crippen LogP contribution in [0.1, 0.15) is 20.7 Å². The van der Waals surface area contributed by atoms with E-state index in [4.69, 9.17) is 0 Å². The number of ketones is 2. The van der Waals surface area contributed by atoms with E-state index < -0.39 is 11.6 Å². The standard InChI is InChI=1S/C24H14O2/c25-23-18-13-7-12-17-14-19(15-8-3-1-4-9-15)20(16-10-5-2-6-11-16)22(21(17)18)24(23)26/h1-14H. The zero-order chi connectivity index (χ0) is 17.7. The summed E-state index contributed by atoms with van der Waals surface area (Å²) in [4.78, 5) is 25.5. The van der Waals surface area contributed by atoms with E-state index >= 15 is 0 Å². The molecule has 26 heavy (non-hydrogen) atoms. The lowest BCUT2D eigenvalue weighted by Gasteiger charge is -2.15. The first kappa shape index (κ1) is 14.8. The van der Waals surface area contributed by atoms with Gasteiger partial charge in [0, 0.05) is 22.1 Å². The van der Waals surface area contributed by atoms with Gasteiger partial charge in [-0.3, -0.25) is 9.59 Å². The number of rotatable bonds is 2. The lowest BCUT2D eigenvalue weighted by atomic mass is 9.87.